The fourth-order valence-corrected chi connectivity index (χ4v) is 5.32. The van der Waals surface area contributed by atoms with Crippen molar-refractivity contribution in [1.82, 2.24) is 20.8 Å². The Morgan fingerprint density at radius 3 is 2.24 bits per heavy atom. The first kappa shape index (κ1) is 30.5. The maximum atomic E-state index is 13.2. The lowest BCUT2D eigenvalue weighted by Gasteiger charge is -2.32. The number of carboxylic acids is 2. The number of aromatic amines is 1. The largest absolute Gasteiger partial charge is 0.480 e. The summed E-state index contributed by atoms with van der Waals surface area (Å²) in [6.07, 6.45) is 2.38. The first-order chi connectivity index (χ1) is 20.0. The van der Waals surface area contributed by atoms with Crippen molar-refractivity contribution in [2.75, 3.05) is 5.32 Å². The number of benzene rings is 2. The van der Waals surface area contributed by atoms with Gasteiger partial charge in [0.2, 0.25) is 5.91 Å². The average molecular weight is 616 g/mol. The molecule has 0 spiro atoms. The van der Waals surface area contributed by atoms with Crippen LogP contribution in [0.15, 0.2) is 48.5 Å². The topological polar surface area (TPSA) is 191 Å². The molecule has 1 aromatic heterocycles. The van der Waals surface area contributed by atoms with Crippen LogP contribution in [0.25, 0.3) is 0 Å². The highest BCUT2D eigenvalue weighted by Gasteiger charge is 2.34. The SMILES string of the molecule is O=C(N[C@H]1CCCC[C@H]1C(=O)N[C@@H](Cc1ccc(NC(=O)c2c(Cl)cccc2Cl)cc1)C(=O)O)c1cc(C(=O)O)[nH]n1. The number of carboxylic acid groups (broad SMARTS) is 2. The van der Waals surface area contributed by atoms with E-state index in [9.17, 15) is 29.1 Å². The molecule has 0 bridgehead atoms. The van der Waals surface area contributed by atoms with Crippen molar-refractivity contribution in [3.8, 4) is 0 Å². The van der Waals surface area contributed by atoms with Crippen LogP contribution >= 0.6 is 23.2 Å². The van der Waals surface area contributed by atoms with Crippen LogP contribution in [-0.4, -0.2) is 62.2 Å². The zero-order chi connectivity index (χ0) is 30.4. The highest BCUT2D eigenvalue weighted by atomic mass is 35.5. The van der Waals surface area contributed by atoms with Gasteiger partial charge in [-0.2, -0.15) is 5.10 Å². The zero-order valence-electron chi connectivity index (χ0n) is 22.0. The summed E-state index contributed by atoms with van der Waals surface area (Å²) in [7, 11) is 0. The average Bonchev–Trinajstić information content (AvgIpc) is 3.45. The lowest BCUT2D eigenvalue weighted by molar-refractivity contribution is -0.142. The van der Waals surface area contributed by atoms with E-state index in [4.69, 9.17) is 28.3 Å². The number of carbonyl (C=O) groups is 5. The molecule has 3 aromatic rings. The number of hydrogen-bond acceptors (Lipinski definition) is 6. The molecule has 0 saturated heterocycles. The molecule has 14 heteroatoms. The molecular weight excluding hydrogens is 589 g/mol. The molecule has 0 aliphatic heterocycles. The van der Waals surface area contributed by atoms with Gasteiger partial charge >= 0.3 is 11.9 Å². The van der Waals surface area contributed by atoms with Gasteiger partial charge in [-0.3, -0.25) is 19.5 Å². The van der Waals surface area contributed by atoms with E-state index >= 15 is 0 Å². The molecule has 6 N–H and O–H groups in total. The van der Waals surface area contributed by atoms with Crippen LogP contribution in [0.2, 0.25) is 10.0 Å². The second-order valence-corrected chi connectivity index (χ2v) is 10.6. The Balaban J connectivity index is 1.38. The summed E-state index contributed by atoms with van der Waals surface area (Å²) in [5.74, 6) is -4.83. The minimum absolute atomic E-state index is 0.0272. The molecule has 3 atom stereocenters. The van der Waals surface area contributed by atoms with E-state index in [2.05, 4.69) is 26.1 Å². The fraction of sp³-hybridized carbons (Fsp3) is 0.286. The molecule has 220 valence electrons. The number of carbonyl (C=O) groups excluding carboxylic acids is 3. The number of nitrogens with zero attached hydrogens (tertiary/aromatic N) is 1. The third-order valence-electron chi connectivity index (χ3n) is 6.92. The Bertz CT molecular complexity index is 1490. The van der Waals surface area contributed by atoms with E-state index in [1.807, 2.05) is 0 Å². The van der Waals surface area contributed by atoms with Gasteiger partial charge in [-0.05, 0) is 42.7 Å². The van der Waals surface area contributed by atoms with E-state index in [1.54, 1.807) is 42.5 Å². The highest BCUT2D eigenvalue weighted by molar-refractivity contribution is 6.40. The molecule has 1 heterocycles. The number of nitrogens with one attached hydrogen (secondary N) is 4. The molecular formula is C28H27Cl2N5O7. The Morgan fingerprint density at radius 1 is 0.952 bits per heavy atom. The molecule has 2 aromatic carbocycles. The maximum absolute atomic E-state index is 13.2. The summed E-state index contributed by atoms with van der Waals surface area (Å²) < 4.78 is 0. The Kier molecular flexibility index (Phi) is 9.81. The number of rotatable bonds is 10. The van der Waals surface area contributed by atoms with E-state index in [0.29, 0.717) is 24.1 Å². The van der Waals surface area contributed by atoms with Crippen molar-refractivity contribution in [1.29, 1.82) is 0 Å². The number of amides is 3. The minimum Gasteiger partial charge on any atom is -0.480 e. The smallest absolute Gasteiger partial charge is 0.353 e. The summed E-state index contributed by atoms with van der Waals surface area (Å²) in [6, 6.07) is 10.4. The third-order valence-corrected chi connectivity index (χ3v) is 7.55. The summed E-state index contributed by atoms with van der Waals surface area (Å²) in [6.45, 7) is 0. The third kappa shape index (κ3) is 7.45. The van der Waals surface area contributed by atoms with Gasteiger partial charge in [0.1, 0.15) is 11.7 Å². The van der Waals surface area contributed by atoms with E-state index in [-0.39, 0.29) is 33.4 Å². The molecule has 1 aliphatic carbocycles. The monoisotopic (exact) mass is 615 g/mol. The maximum Gasteiger partial charge on any atom is 0.353 e. The predicted octanol–water partition coefficient (Wildman–Crippen LogP) is 3.77. The van der Waals surface area contributed by atoms with E-state index in [1.165, 1.54) is 0 Å². The van der Waals surface area contributed by atoms with Gasteiger partial charge in [0.25, 0.3) is 11.8 Å². The highest BCUT2D eigenvalue weighted by Crippen LogP contribution is 2.27. The van der Waals surface area contributed by atoms with Crippen LogP contribution in [0.5, 0.6) is 0 Å². The second kappa shape index (κ2) is 13.5. The molecule has 4 rings (SSSR count). The normalized spacial score (nSPS) is 17.1. The molecule has 1 aliphatic rings. The number of halogens is 2. The molecule has 3 amide bonds. The first-order valence-electron chi connectivity index (χ1n) is 13.0. The van der Waals surface area contributed by atoms with E-state index in [0.717, 1.165) is 18.9 Å². The Labute approximate surface area is 249 Å². The number of hydrogen-bond donors (Lipinski definition) is 6. The molecule has 1 saturated carbocycles. The standard InChI is InChI=1S/C28H27Cl2N5O7/c29-17-5-3-6-18(30)23(17)26(38)31-15-10-8-14(9-11-15)12-21(27(39)40)33-24(36)16-4-1-2-7-19(16)32-25(37)20-13-22(28(41)42)35-34-20/h3,5-6,8-11,13,16,19,21H,1-2,4,7,12H2,(H,31,38)(H,32,37)(H,33,36)(H,34,35)(H,39,40)(H,41,42)/t16-,19+,21+/m1/s1. The molecule has 0 radical (unpaired) electrons. The lowest BCUT2D eigenvalue weighted by Crippen LogP contribution is -2.52. The van der Waals surface area contributed by atoms with E-state index < -0.39 is 47.7 Å². The van der Waals surface area contributed by atoms with Crippen LogP contribution in [0.1, 0.15) is 62.6 Å². The van der Waals surface area contributed by atoms with Crippen LogP contribution in [0.3, 0.4) is 0 Å². The first-order valence-corrected chi connectivity index (χ1v) is 13.8. The summed E-state index contributed by atoms with van der Waals surface area (Å²) in [4.78, 5) is 61.6. The lowest BCUT2D eigenvalue weighted by atomic mass is 9.83. The summed E-state index contributed by atoms with van der Waals surface area (Å²) >= 11 is 12.2. The Morgan fingerprint density at radius 2 is 1.62 bits per heavy atom. The molecule has 42 heavy (non-hydrogen) atoms. The minimum atomic E-state index is -1.27. The van der Waals surface area contributed by atoms with Gasteiger partial charge in [0.05, 0.1) is 21.5 Å². The fourth-order valence-electron chi connectivity index (χ4n) is 4.75. The molecule has 12 nitrogen and oxygen atoms in total. The number of aliphatic carboxylic acids is 1. The van der Waals surface area contributed by atoms with Crippen LogP contribution < -0.4 is 16.0 Å². The molecule has 0 unspecified atom stereocenters. The van der Waals surface area contributed by atoms with Crippen LogP contribution in [-0.2, 0) is 16.0 Å². The van der Waals surface area contributed by atoms with Crippen LogP contribution in [0, 0.1) is 5.92 Å². The van der Waals surface area contributed by atoms with Gasteiger partial charge in [-0.15, -0.1) is 0 Å². The van der Waals surface area contributed by atoms with Crippen LogP contribution in [0.4, 0.5) is 5.69 Å². The van der Waals surface area contributed by atoms with Gasteiger partial charge in [0, 0.05) is 24.2 Å². The van der Waals surface area contributed by atoms with Gasteiger partial charge in [-0.1, -0.05) is 54.2 Å². The zero-order valence-corrected chi connectivity index (χ0v) is 23.5. The summed E-state index contributed by atoms with van der Waals surface area (Å²) in [5, 5.41) is 33.2. The second-order valence-electron chi connectivity index (χ2n) is 9.79. The quantitative estimate of drug-likeness (QED) is 0.198. The Hall–Kier alpha value is -4.42. The van der Waals surface area contributed by atoms with Crippen molar-refractivity contribution in [2.45, 2.75) is 44.2 Å². The van der Waals surface area contributed by atoms with Gasteiger partial charge in [0.15, 0.2) is 5.69 Å². The van der Waals surface area contributed by atoms with Crippen molar-refractivity contribution in [2.24, 2.45) is 5.92 Å². The number of aromatic nitrogens is 2. The number of aromatic carboxylic acids is 1. The molecule has 1 fully saturated rings. The van der Waals surface area contributed by atoms with Gasteiger partial charge < -0.3 is 26.2 Å². The number of H-pyrrole nitrogens is 1. The van der Waals surface area contributed by atoms with Gasteiger partial charge in [-0.25, -0.2) is 9.59 Å². The summed E-state index contributed by atoms with van der Waals surface area (Å²) in [5.41, 5.74) is 0.782. The van der Waals surface area contributed by atoms with Crippen molar-refractivity contribution >= 4 is 58.5 Å². The van der Waals surface area contributed by atoms with Crippen molar-refractivity contribution in [3.05, 3.63) is 81.1 Å². The van der Waals surface area contributed by atoms with Crippen molar-refractivity contribution in [3.63, 3.8) is 0 Å². The number of anilines is 1. The van der Waals surface area contributed by atoms with Crippen molar-refractivity contribution < 1.29 is 34.2 Å². The predicted molar refractivity (Wildman–Crippen MR) is 153 cm³/mol.